The lowest BCUT2D eigenvalue weighted by Crippen LogP contribution is -2.45. The highest BCUT2D eigenvalue weighted by molar-refractivity contribution is 6.10. The molecule has 2 N–H and O–H groups in total. The van der Waals surface area contributed by atoms with Crippen molar-refractivity contribution in [1.29, 1.82) is 5.41 Å². The summed E-state index contributed by atoms with van der Waals surface area (Å²) in [5.41, 5.74) is 0.203. The molecule has 28 heavy (non-hydrogen) atoms. The molecule has 148 valence electrons. The summed E-state index contributed by atoms with van der Waals surface area (Å²) in [6.07, 6.45) is 0. The zero-order valence-corrected chi connectivity index (χ0v) is 17.0. The van der Waals surface area contributed by atoms with Crippen LogP contribution in [0.5, 0.6) is 11.5 Å². The third-order valence-electron chi connectivity index (χ3n) is 4.82. The van der Waals surface area contributed by atoms with Gasteiger partial charge in [0, 0.05) is 6.54 Å². The zero-order valence-electron chi connectivity index (χ0n) is 17.0. The van der Waals surface area contributed by atoms with Gasteiger partial charge in [-0.1, -0.05) is 45.0 Å². The minimum Gasteiger partial charge on any atom is -0.497 e. The molecule has 0 bridgehead atoms. The second-order valence-electron chi connectivity index (χ2n) is 8.13. The standard InChI is InChI=1S/C22H27N3O3/c1-21(2,3)14-25-19(26)22(24-20(25)23,15-6-10-17(27-4)11-7-15)16-8-12-18(28-5)13-9-16/h6-13H,14H2,1-5H3,(H2,23,24). The fraction of sp³-hybridized carbons (Fsp3) is 0.364. The van der Waals surface area contributed by atoms with Crippen molar-refractivity contribution in [3.05, 3.63) is 59.7 Å². The largest absolute Gasteiger partial charge is 0.497 e. The van der Waals surface area contributed by atoms with E-state index in [4.69, 9.17) is 14.9 Å². The van der Waals surface area contributed by atoms with E-state index in [2.05, 4.69) is 5.32 Å². The van der Waals surface area contributed by atoms with E-state index >= 15 is 0 Å². The first-order valence-electron chi connectivity index (χ1n) is 9.19. The number of hydrogen-bond donors (Lipinski definition) is 2. The fourth-order valence-electron chi connectivity index (χ4n) is 3.47. The molecule has 0 aromatic heterocycles. The number of benzene rings is 2. The number of hydrogen-bond acceptors (Lipinski definition) is 4. The molecule has 2 aromatic carbocycles. The summed E-state index contributed by atoms with van der Waals surface area (Å²) in [6.45, 7) is 6.60. The fourth-order valence-corrected chi connectivity index (χ4v) is 3.47. The SMILES string of the molecule is COc1ccc(C2(c3ccc(OC)cc3)NC(=N)N(CC(C)(C)C)C2=O)cc1. The van der Waals surface area contributed by atoms with Crippen molar-refractivity contribution < 1.29 is 14.3 Å². The second kappa shape index (κ2) is 7.19. The lowest BCUT2D eigenvalue weighted by molar-refractivity contribution is -0.130. The third kappa shape index (κ3) is 3.42. The molecule has 0 saturated carbocycles. The number of amides is 1. The summed E-state index contributed by atoms with van der Waals surface area (Å²) < 4.78 is 10.5. The van der Waals surface area contributed by atoms with Gasteiger partial charge in [-0.2, -0.15) is 0 Å². The van der Waals surface area contributed by atoms with E-state index in [1.54, 1.807) is 14.2 Å². The van der Waals surface area contributed by atoms with Crippen LogP contribution in [0.1, 0.15) is 31.9 Å². The molecular weight excluding hydrogens is 354 g/mol. The monoisotopic (exact) mass is 381 g/mol. The van der Waals surface area contributed by atoms with Gasteiger partial charge in [-0.15, -0.1) is 0 Å². The van der Waals surface area contributed by atoms with E-state index in [1.807, 2.05) is 69.3 Å². The molecule has 1 amide bonds. The second-order valence-corrected chi connectivity index (χ2v) is 8.13. The molecule has 3 rings (SSSR count). The number of rotatable bonds is 5. The molecule has 1 heterocycles. The van der Waals surface area contributed by atoms with Crippen LogP contribution in [0.25, 0.3) is 0 Å². The van der Waals surface area contributed by atoms with Crippen LogP contribution >= 0.6 is 0 Å². The first-order chi connectivity index (χ1) is 13.2. The van der Waals surface area contributed by atoms with Crippen LogP contribution in [0.15, 0.2) is 48.5 Å². The van der Waals surface area contributed by atoms with Gasteiger partial charge in [-0.3, -0.25) is 15.1 Å². The van der Waals surface area contributed by atoms with Crippen molar-refractivity contribution in [3.8, 4) is 11.5 Å². The molecule has 1 aliphatic rings. The van der Waals surface area contributed by atoms with Crippen LogP contribution in [-0.4, -0.2) is 37.5 Å². The number of guanidine groups is 1. The predicted molar refractivity (Wildman–Crippen MR) is 109 cm³/mol. The van der Waals surface area contributed by atoms with E-state index in [-0.39, 0.29) is 17.3 Å². The summed E-state index contributed by atoms with van der Waals surface area (Å²) in [4.78, 5) is 15.2. The van der Waals surface area contributed by atoms with Crippen LogP contribution in [0.2, 0.25) is 0 Å². The Bertz CT molecular complexity index is 820. The van der Waals surface area contributed by atoms with Crippen LogP contribution in [0.3, 0.4) is 0 Å². The van der Waals surface area contributed by atoms with Crippen LogP contribution in [-0.2, 0) is 10.3 Å². The van der Waals surface area contributed by atoms with Crippen LogP contribution < -0.4 is 14.8 Å². The van der Waals surface area contributed by atoms with Gasteiger partial charge in [0.1, 0.15) is 11.5 Å². The van der Waals surface area contributed by atoms with Gasteiger partial charge in [0.15, 0.2) is 11.5 Å². The number of nitrogens with zero attached hydrogens (tertiary/aromatic N) is 1. The number of methoxy groups -OCH3 is 2. The first-order valence-corrected chi connectivity index (χ1v) is 9.19. The van der Waals surface area contributed by atoms with E-state index in [9.17, 15) is 4.79 Å². The maximum absolute atomic E-state index is 13.7. The Balaban J connectivity index is 2.14. The zero-order chi connectivity index (χ0) is 20.5. The van der Waals surface area contributed by atoms with Gasteiger partial charge < -0.3 is 14.8 Å². The molecule has 0 aliphatic carbocycles. The molecule has 6 nitrogen and oxygen atoms in total. The molecule has 0 spiro atoms. The lowest BCUT2D eigenvalue weighted by Gasteiger charge is -2.30. The highest BCUT2D eigenvalue weighted by Gasteiger charge is 2.52. The minimum atomic E-state index is -1.17. The van der Waals surface area contributed by atoms with Crippen molar-refractivity contribution in [1.82, 2.24) is 10.2 Å². The van der Waals surface area contributed by atoms with Gasteiger partial charge in [-0.05, 0) is 40.8 Å². The minimum absolute atomic E-state index is 0.103. The Kier molecular flexibility index (Phi) is 5.06. The maximum atomic E-state index is 13.7. The Hall–Kier alpha value is -3.02. The Morgan fingerprint density at radius 3 is 1.71 bits per heavy atom. The highest BCUT2D eigenvalue weighted by atomic mass is 16.5. The van der Waals surface area contributed by atoms with Crippen molar-refractivity contribution in [3.63, 3.8) is 0 Å². The number of carbonyl (C=O) groups is 1. The molecular formula is C22H27N3O3. The van der Waals surface area contributed by atoms with E-state index < -0.39 is 5.54 Å². The van der Waals surface area contributed by atoms with Gasteiger partial charge in [0.05, 0.1) is 14.2 Å². The first kappa shape index (κ1) is 19.7. The molecule has 0 radical (unpaired) electrons. The van der Waals surface area contributed by atoms with E-state index in [1.165, 1.54) is 4.90 Å². The molecule has 1 aliphatic heterocycles. The topological polar surface area (TPSA) is 74.7 Å². The summed E-state index contributed by atoms with van der Waals surface area (Å²) >= 11 is 0. The number of ether oxygens (including phenoxy) is 2. The average Bonchev–Trinajstić information content (AvgIpc) is 2.92. The quantitative estimate of drug-likeness (QED) is 0.833. The van der Waals surface area contributed by atoms with Gasteiger partial charge in [-0.25, -0.2) is 0 Å². The lowest BCUT2D eigenvalue weighted by atomic mass is 9.82. The maximum Gasteiger partial charge on any atom is 0.264 e. The molecule has 2 aromatic rings. The predicted octanol–water partition coefficient (Wildman–Crippen LogP) is 3.36. The Morgan fingerprint density at radius 1 is 0.929 bits per heavy atom. The summed E-state index contributed by atoms with van der Waals surface area (Å²) in [5.74, 6) is 1.36. The smallest absolute Gasteiger partial charge is 0.264 e. The van der Waals surface area contributed by atoms with Gasteiger partial charge >= 0.3 is 0 Å². The highest BCUT2D eigenvalue weighted by Crippen LogP contribution is 2.38. The molecule has 0 unspecified atom stereocenters. The summed E-state index contributed by atoms with van der Waals surface area (Å²) in [5, 5.41) is 11.6. The van der Waals surface area contributed by atoms with Gasteiger partial charge in [0.25, 0.3) is 5.91 Å². The van der Waals surface area contributed by atoms with Crippen molar-refractivity contribution in [2.24, 2.45) is 5.41 Å². The van der Waals surface area contributed by atoms with E-state index in [0.717, 1.165) is 11.1 Å². The molecule has 0 atom stereocenters. The van der Waals surface area contributed by atoms with E-state index in [0.29, 0.717) is 18.0 Å². The Labute approximate surface area is 166 Å². The van der Waals surface area contributed by atoms with Crippen molar-refractivity contribution in [2.45, 2.75) is 26.3 Å². The van der Waals surface area contributed by atoms with Crippen LogP contribution in [0.4, 0.5) is 0 Å². The third-order valence-corrected chi connectivity index (χ3v) is 4.82. The molecule has 1 fully saturated rings. The number of nitrogens with one attached hydrogen (secondary N) is 2. The summed E-state index contributed by atoms with van der Waals surface area (Å²) in [6, 6.07) is 14.8. The van der Waals surface area contributed by atoms with Gasteiger partial charge in [0.2, 0.25) is 0 Å². The molecule has 6 heteroatoms. The van der Waals surface area contributed by atoms with Crippen molar-refractivity contribution >= 4 is 11.9 Å². The average molecular weight is 381 g/mol. The van der Waals surface area contributed by atoms with Crippen molar-refractivity contribution in [2.75, 3.05) is 20.8 Å². The Morgan fingerprint density at radius 2 is 1.36 bits per heavy atom. The normalized spacial score (nSPS) is 16.1. The molecule has 1 saturated heterocycles. The summed E-state index contributed by atoms with van der Waals surface area (Å²) in [7, 11) is 3.21. The number of carbonyl (C=O) groups excluding carboxylic acids is 1. The van der Waals surface area contributed by atoms with Crippen LogP contribution in [0, 0.1) is 10.8 Å².